The fraction of sp³-hybridized carbons (Fsp3) is 0.667. The minimum atomic E-state index is -3.37. The summed E-state index contributed by atoms with van der Waals surface area (Å²) >= 11 is 0. The van der Waals surface area contributed by atoms with E-state index in [9.17, 15) is 8.42 Å². The molecule has 0 aromatic heterocycles. The van der Waals surface area contributed by atoms with Gasteiger partial charge in [0.1, 0.15) is 0 Å². The Hall–Kier alpha value is -0.690. The van der Waals surface area contributed by atoms with Crippen molar-refractivity contribution in [2.45, 2.75) is 35.9 Å². The topological polar surface area (TPSA) is 68.4 Å². The number of hydrogen-bond donors (Lipinski definition) is 0. The van der Waals surface area contributed by atoms with Gasteiger partial charge in [-0.25, -0.2) is 8.42 Å². The van der Waals surface area contributed by atoms with Crippen LogP contribution >= 0.6 is 0 Å². The van der Waals surface area contributed by atoms with Crippen molar-refractivity contribution in [1.82, 2.24) is 0 Å². The van der Waals surface area contributed by atoms with E-state index >= 15 is 0 Å². The highest BCUT2D eigenvalue weighted by Gasteiger charge is 2.72. The van der Waals surface area contributed by atoms with E-state index < -0.39 is 31.9 Å². The second-order valence-electron chi connectivity index (χ2n) is 4.88. The molecule has 4 unspecified atom stereocenters. The number of ether oxygens (including phenoxy) is 3. The Labute approximate surface area is 106 Å². The molecule has 3 aliphatic rings. The summed E-state index contributed by atoms with van der Waals surface area (Å²) in [7, 11) is -3.37. The highest BCUT2D eigenvalue weighted by atomic mass is 32.2. The maximum Gasteiger partial charge on any atom is 0.210 e. The van der Waals surface area contributed by atoms with Crippen molar-refractivity contribution < 1.29 is 22.6 Å². The number of epoxide rings is 2. The average molecular weight is 272 g/mol. The zero-order chi connectivity index (χ0) is 13.0. The Kier molecular flexibility index (Phi) is 2.51. The van der Waals surface area contributed by atoms with Crippen molar-refractivity contribution in [3.8, 4) is 0 Å². The Balaban J connectivity index is 1.82. The van der Waals surface area contributed by atoms with E-state index in [0.29, 0.717) is 13.2 Å². The molecule has 3 aliphatic heterocycles. The van der Waals surface area contributed by atoms with Gasteiger partial charge < -0.3 is 14.2 Å². The van der Waals surface area contributed by atoms with E-state index in [1.165, 1.54) is 0 Å². The van der Waals surface area contributed by atoms with E-state index in [1.54, 1.807) is 24.3 Å². The van der Waals surface area contributed by atoms with Crippen LogP contribution in [0.4, 0.5) is 0 Å². The van der Waals surface area contributed by atoms with Crippen molar-refractivity contribution in [1.29, 1.82) is 0 Å². The lowest BCUT2D eigenvalue weighted by Crippen LogP contribution is -2.61. The monoisotopic (exact) mass is 272 g/mol. The first-order valence-electron chi connectivity index (χ1n) is 5.94. The maximum absolute atomic E-state index is 12.3. The minimum Gasteiger partial charge on any atom is -0.361 e. The maximum atomic E-state index is 12.3. The molecule has 6 heteroatoms. The van der Waals surface area contributed by atoms with Crippen molar-refractivity contribution >= 4 is 9.84 Å². The van der Waals surface area contributed by atoms with Crippen molar-refractivity contribution in [2.24, 2.45) is 0 Å². The lowest BCUT2D eigenvalue weighted by molar-refractivity contribution is -0.0283. The van der Waals surface area contributed by atoms with Gasteiger partial charge in [0.2, 0.25) is 9.84 Å². The lowest BCUT2D eigenvalue weighted by Gasteiger charge is -2.40. The van der Waals surface area contributed by atoms with Crippen LogP contribution in [0, 0.1) is 0 Å². The van der Waals surface area contributed by atoms with Gasteiger partial charge in [0.15, 0.2) is 22.1 Å². The van der Waals surface area contributed by atoms with Crippen LogP contribution in [0.1, 0.15) is 13.8 Å². The molecule has 0 aromatic carbocycles. The van der Waals surface area contributed by atoms with Crippen LogP contribution in [0.3, 0.4) is 0 Å². The smallest absolute Gasteiger partial charge is 0.210 e. The molecule has 0 saturated carbocycles. The second kappa shape index (κ2) is 3.66. The van der Waals surface area contributed by atoms with Gasteiger partial charge in [-0.3, -0.25) is 0 Å². The molecule has 18 heavy (non-hydrogen) atoms. The van der Waals surface area contributed by atoms with Crippen LogP contribution in [-0.2, 0) is 24.0 Å². The third-order valence-corrected chi connectivity index (χ3v) is 5.71. The van der Waals surface area contributed by atoms with Gasteiger partial charge in [0.05, 0.1) is 13.2 Å². The molecule has 100 valence electrons. The van der Waals surface area contributed by atoms with Crippen LogP contribution < -0.4 is 0 Å². The van der Waals surface area contributed by atoms with Gasteiger partial charge in [0.25, 0.3) is 0 Å². The molecule has 0 amide bonds. The number of rotatable bonds is 4. The van der Waals surface area contributed by atoms with Gasteiger partial charge in [-0.2, -0.15) is 0 Å². The summed E-state index contributed by atoms with van der Waals surface area (Å²) < 4.78 is 40.7. The SMILES string of the molecule is C/C=C/C1(C2OC(C3(/C=C/C)CO3)S2(=O)=O)CO1. The molecule has 3 fully saturated rings. The van der Waals surface area contributed by atoms with Crippen LogP contribution in [0.15, 0.2) is 24.3 Å². The standard InChI is InChI=1S/C12H16O5S/c1-3-5-11(7-15-11)9-17-10(18(9,13)14)12(6-4-2)8-16-12/h3-6,9-10H,7-8H2,1-2H3/b5-3+,6-4+. The number of sulfone groups is 1. The Morgan fingerprint density at radius 1 is 1.00 bits per heavy atom. The van der Waals surface area contributed by atoms with Crippen molar-refractivity contribution in [3.63, 3.8) is 0 Å². The van der Waals surface area contributed by atoms with E-state index in [-0.39, 0.29) is 0 Å². The van der Waals surface area contributed by atoms with Crippen molar-refractivity contribution in [2.75, 3.05) is 13.2 Å². The largest absolute Gasteiger partial charge is 0.361 e. The Bertz CT molecular complexity index is 471. The Morgan fingerprint density at radius 2 is 1.39 bits per heavy atom. The molecule has 5 nitrogen and oxygen atoms in total. The van der Waals surface area contributed by atoms with E-state index in [2.05, 4.69) is 0 Å². The normalized spacial score (nSPS) is 49.4. The summed E-state index contributed by atoms with van der Waals surface area (Å²) in [6, 6.07) is 0. The van der Waals surface area contributed by atoms with E-state index in [0.717, 1.165) is 0 Å². The summed E-state index contributed by atoms with van der Waals surface area (Å²) in [6.07, 6.45) is 7.08. The quantitative estimate of drug-likeness (QED) is 0.558. The van der Waals surface area contributed by atoms with Crippen LogP contribution in [0.5, 0.6) is 0 Å². The van der Waals surface area contributed by atoms with E-state index in [1.807, 2.05) is 13.8 Å². The van der Waals surface area contributed by atoms with Crippen LogP contribution in [-0.4, -0.2) is 43.7 Å². The molecule has 0 radical (unpaired) electrons. The molecule has 3 saturated heterocycles. The molecular formula is C12H16O5S. The molecule has 4 atom stereocenters. The third kappa shape index (κ3) is 1.53. The number of hydrogen-bond acceptors (Lipinski definition) is 5. The first-order valence-corrected chi connectivity index (χ1v) is 7.55. The van der Waals surface area contributed by atoms with Gasteiger partial charge in [-0.15, -0.1) is 0 Å². The third-order valence-electron chi connectivity index (χ3n) is 3.49. The molecular weight excluding hydrogens is 256 g/mol. The second-order valence-corrected chi connectivity index (χ2v) is 6.91. The minimum absolute atomic E-state index is 0.394. The summed E-state index contributed by atoms with van der Waals surface area (Å²) in [5.74, 6) is 0. The zero-order valence-corrected chi connectivity index (χ0v) is 11.1. The molecule has 0 aromatic rings. The van der Waals surface area contributed by atoms with E-state index in [4.69, 9.17) is 14.2 Å². The molecule has 3 heterocycles. The fourth-order valence-electron chi connectivity index (χ4n) is 2.46. The summed E-state index contributed by atoms with van der Waals surface area (Å²) in [5, 5.41) is 0. The highest BCUT2D eigenvalue weighted by Crippen LogP contribution is 2.51. The molecule has 0 aliphatic carbocycles. The van der Waals surface area contributed by atoms with Gasteiger partial charge in [-0.1, -0.05) is 24.3 Å². The van der Waals surface area contributed by atoms with Gasteiger partial charge in [-0.05, 0) is 13.8 Å². The van der Waals surface area contributed by atoms with Gasteiger partial charge >= 0.3 is 0 Å². The molecule has 3 rings (SSSR count). The van der Waals surface area contributed by atoms with Gasteiger partial charge in [0, 0.05) is 0 Å². The highest BCUT2D eigenvalue weighted by molar-refractivity contribution is 7.93. The Morgan fingerprint density at radius 3 is 1.61 bits per heavy atom. The van der Waals surface area contributed by atoms with Crippen LogP contribution in [0.2, 0.25) is 0 Å². The van der Waals surface area contributed by atoms with Crippen molar-refractivity contribution in [3.05, 3.63) is 24.3 Å². The summed E-state index contributed by atoms with van der Waals surface area (Å²) in [5.41, 5.74) is -3.32. The predicted molar refractivity (Wildman–Crippen MR) is 64.6 cm³/mol. The first-order chi connectivity index (χ1) is 8.51. The lowest BCUT2D eigenvalue weighted by atomic mass is 10.1. The fourth-order valence-corrected chi connectivity index (χ4v) is 4.59. The summed E-state index contributed by atoms with van der Waals surface area (Å²) in [6.45, 7) is 4.45. The molecule has 0 spiro atoms. The average Bonchev–Trinajstić information content (AvgIpc) is 3.19. The number of allylic oxidation sites excluding steroid dienone is 2. The zero-order valence-electron chi connectivity index (χ0n) is 10.3. The molecule has 0 N–H and O–H groups in total. The summed E-state index contributed by atoms with van der Waals surface area (Å²) in [4.78, 5) is 0. The first kappa shape index (κ1) is 12.3. The predicted octanol–water partition coefficient (Wildman–Crippen LogP) is 0.774. The van der Waals surface area contributed by atoms with Crippen LogP contribution in [0.25, 0.3) is 0 Å². The molecule has 0 bridgehead atoms.